The first-order valence-electron chi connectivity index (χ1n) is 6.30. The van der Waals surface area contributed by atoms with E-state index in [1.165, 1.54) is 16.2 Å². The van der Waals surface area contributed by atoms with Crippen LogP contribution >= 0.6 is 22.7 Å². The Hall–Kier alpha value is -1.61. The summed E-state index contributed by atoms with van der Waals surface area (Å²) in [5, 5.41) is 13.6. The molecule has 2 heterocycles. The van der Waals surface area contributed by atoms with E-state index in [0.717, 1.165) is 11.3 Å². The van der Waals surface area contributed by atoms with Crippen molar-refractivity contribution in [1.82, 2.24) is 5.32 Å². The Balaban J connectivity index is 1.82. The molecular formula is C15H15NO2S2. The first-order chi connectivity index (χ1) is 9.79. The summed E-state index contributed by atoms with van der Waals surface area (Å²) in [4.78, 5) is 14.7. The maximum atomic E-state index is 11.9. The fourth-order valence-electron chi connectivity index (χ4n) is 1.57. The maximum absolute atomic E-state index is 11.9. The first-order valence-corrected chi connectivity index (χ1v) is 7.99. The van der Waals surface area contributed by atoms with Crippen LogP contribution in [-0.4, -0.2) is 24.2 Å². The SMILES string of the molecule is O=C(NCCc1cccs1)c1ccc(C#CCCO)s1. The number of hydrogen-bond donors (Lipinski definition) is 2. The molecule has 0 aliphatic heterocycles. The predicted molar refractivity (Wildman–Crippen MR) is 83.3 cm³/mol. The number of amides is 1. The number of nitrogens with one attached hydrogen (secondary N) is 1. The average Bonchev–Trinajstić information content (AvgIpc) is 3.10. The Kier molecular flexibility index (Phi) is 5.81. The summed E-state index contributed by atoms with van der Waals surface area (Å²) in [5.74, 6) is 5.72. The van der Waals surface area contributed by atoms with Crippen molar-refractivity contribution in [2.45, 2.75) is 12.8 Å². The molecule has 0 atom stereocenters. The molecule has 0 saturated heterocycles. The van der Waals surface area contributed by atoms with Crippen molar-refractivity contribution in [2.75, 3.05) is 13.2 Å². The van der Waals surface area contributed by atoms with Crippen LogP contribution in [0.1, 0.15) is 25.8 Å². The number of rotatable bonds is 5. The van der Waals surface area contributed by atoms with Gasteiger partial charge in [0.05, 0.1) is 16.4 Å². The Bertz CT molecular complexity index is 605. The van der Waals surface area contributed by atoms with Gasteiger partial charge in [0.15, 0.2) is 0 Å². The van der Waals surface area contributed by atoms with Gasteiger partial charge < -0.3 is 10.4 Å². The summed E-state index contributed by atoms with van der Waals surface area (Å²) in [7, 11) is 0. The number of carbonyl (C=O) groups is 1. The normalized spacial score (nSPS) is 9.85. The molecule has 1 amide bonds. The van der Waals surface area contributed by atoms with Gasteiger partial charge in [0.25, 0.3) is 5.91 Å². The van der Waals surface area contributed by atoms with Crippen LogP contribution < -0.4 is 5.32 Å². The van der Waals surface area contributed by atoms with Gasteiger partial charge >= 0.3 is 0 Å². The number of carbonyl (C=O) groups excluding carboxylic acids is 1. The lowest BCUT2D eigenvalue weighted by Gasteiger charge is -2.01. The summed E-state index contributed by atoms with van der Waals surface area (Å²) in [5.41, 5.74) is 0. The fourth-order valence-corrected chi connectivity index (χ4v) is 3.08. The summed E-state index contributed by atoms with van der Waals surface area (Å²) in [6, 6.07) is 7.70. The van der Waals surface area contributed by atoms with Gasteiger partial charge in [-0.3, -0.25) is 4.79 Å². The number of hydrogen-bond acceptors (Lipinski definition) is 4. The molecule has 0 spiro atoms. The minimum Gasteiger partial charge on any atom is -0.395 e. The van der Waals surface area contributed by atoms with Crippen LogP contribution in [-0.2, 0) is 6.42 Å². The number of thiophene rings is 2. The van der Waals surface area contributed by atoms with Crippen molar-refractivity contribution in [2.24, 2.45) is 0 Å². The molecule has 5 heteroatoms. The zero-order valence-corrected chi connectivity index (χ0v) is 12.5. The van der Waals surface area contributed by atoms with E-state index >= 15 is 0 Å². The van der Waals surface area contributed by atoms with E-state index in [9.17, 15) is 4.79 Å². The third-order valence-corrected chi connectivity index (χ3v) is 4.45. The Labute approximate surface area is 126 Å². The van der Waals surface area contributed by atoms with Crippen LogP contribution in [0.4, 0.5) is 0 Å². The van der Waals surface area contributed by atoms with Gasteiger partial charge in [-0.2, -0.15) is 0 Å². The van der Waals surface area contributed by atoms with E-state index < -0.39 is 0 Å². The molecule has 0 aliphatic carbocycles. The van der Waals surface area contributed by atoms with E-state index in [4.69, 9.17) is 5.11 Å². The van der Waals surface area contributed by atoms with E-state index in [1.54, 1.807) is 17.4 Å². The molecule has 0 aromatic carbocycles. The van der Waals surface area contributed by atoms with Crippen LogP contribution in [0, 0.1) is 11.8 Å². The molecule has 3 nitrogen and oxygen atoms in total. The van der Waals surface area contributed by atoms with Crippen molar-refractivity contribution in [3.63, 3.8) is 0 Å². The molecule has 2 aromatic rings. The monoisotopic (exact) mass is 305 g/mol. The van der Waals surface area contributed by atoms with Crippen LogP contribution in [0.2, 0.25) is 0 Å². The second-order valence-electron chi connectivity index (χ2n) is 4.02. The van der Waals surface area contributed by atoms with Crippen LogP contribution in [0.25, 0.3) is 0 Å². The maximum Gasteiger partial charge on any atom is 0.261 e. The van der Waals surface area contributed by atoms with Gasteiger partial charge in [-0.1, -0.05) is 17.9 Å². The van der Waals surface area contributed by atoms with Crippen molar-refractivity contribution < 1.29 is 9.90 Å². The number of aliphatic hydroxyl groups excluding tert-OH is 1. The van der Waals surface area contributed by atoms with Gasteiger partial charge in [0.2, 0.25) is 0 Å². The van der Waals surface area contributed by atoms with Crippen molar-refractivity contribution >= 4 is 28.6 Å². The second kappa shape index (κ2) is 7.85. The zero-order valence-electron chi connectivity index (χ0n) is 10.9. The van der Waals surface area contributed by atoms with Gasteiger partial charge in [0, 0.05) is 17.8 Å². The van der Waals surface area contributed by atoms with Crippen molar-refractivity contribution in [3.8, 4) is 11.8 Å². The Morgan fingerprint density at radius 1 is 1.35 bits per heavy atom. The lowest BCUT2D eigenvalue weighted by molar-refractivity contribution is 0.0958. The molecule has 0 saturated carbocycles. The van der Waals surface area contributed by atoms with E-state index in [1.807, 2.05) is 17.5 Å². The van der Waals surface area contributed by atoms with E-state index in [0.29, 0.717) is 17.8 Å². The standard InChI is InChI=1S/C15H15NO2S2/c17-10-2-1-4-13-6-7-14(20-13)15(18)16-9-8-12-5-3-11-19-12/h3,5-7,11,17H,2,8-10H2,(H,16,18). The van der Waals surface area contributed by atoms with Crippen LogP contribution in [0.15, 0.2) is 29.6 Å². The summed E-state index contributed by atoms with van der Waals surface area (Å²) < 4.78 is 0. The second-order valence-corrected chi connectivity index (χ2v) is 6.14. The third-order valence-electron chi connectivity index (χ3n) is 2.52. The molecule has 20 heavy (non-hydrogen) atoms. The van der Waals surface area contributed by atoms with Gasteiger partial charge in [-0.15, -0.1) is 22.7 Å². The smallest absolute Gasteiger partial charge is 0.261 e. The molecule has 0 radical (unpaired) electrons. The number of aliphatic hydroxyl groups is 1. The Morgan fingerprint density at radius 2 is 2.25 bits per heavy atom. The van der Waals surface area contributed by atoms with Crippen molar-refractivity contribution in [1.29, 1.82) is 0 Å². The van der Waals surface area contributed by atoms with Crippen molar-refractivity contribution in [3.05, 3.63) is 44.3 Å². The highest BCUT2D eigenvalue weighted by Crippen LogP contribution is 2.15. The van der Waals surface area contributed by atoms with Gasteiger partial charge in [-0.05, 0) is 30.0 Å². The lowest BCUT2D eigenvalue weighted by Crippen LogP contribution is -2.24. The topological polar surface area (TPSA) is 49.3 Å². The molecular weight excluding hydrogens is 290 g/mol. The van der Waals surface area contributed by atoms with E-state index in [2.05, 4.69) is 23.2 Å². The average molecular weight is 305 g/mol. The highest BCUT2D eigenvalue weighted by molar-refractivity contribution is 7.14. The minimum absolute atomic E-state index is 0.0539. The largest absolute Gasteiger partial charge is 0.395 e. The van der Waals surface area contributed by atoms with Gasteiger partial charge in [-0.25, -0.2) is 0 Å². The molecule has 0 bridgehead atoms. The molecule has 2 aromatic heterocycles. The highest BCUT2D eigenvalue weighted by atomic mass is 32.1. The lowest BCUT2D eigenvalue weighted by atomic mass is 10.3. The summed E-state index contributed by atoms with van der Waals surface area (Å²) in [6.45, 7) is 0.706. The summed E-state index contributed by atoms with van der Waals surface area (Å²) in [6.07, 6.45) is 1.32. The summed E-state index contributed by atoms with van der Waals surface area (Å²) >= 11 is 3.07. The fraction of sp³-hybridized carbons (Fsp3) is 0.267. The molecule has 0 aliphatic rings. The molecule has 2 rings (SSSR count). The molecule has 0 fully saturated rings. The van der Waals surface area contributed by atoms with Crippen LogP contribution in [0.3, 0.4) is 0 Å². The third kappa shape index (κ3) is 4.49. The van der Waals surface area contributed by atoms with Crippen LogP contribution in [0.5, 0.6) is 0 Å². The minimum atomic E-state index is -0.0539. The predicted octanol–water partition coefficient (Wildman–Crippen LogP) is 2.52. The first kappa shape index (κ1) is 14.8. The highest BCUT2D eigenvalue weighted by Gasteiger charge is 2.07. The van der Waals surface area contributed by atoms with E-state index in [-0.39, 0.29) is 12.5 Å². The zero-order chi connectivity index (χ0) is 14.2. The quantitative estimate of drug-likeness (QED) is 0.834. The Morgan fingerprint density at radius 3 is 3.00 bits per heavy atom. The molecule has 0 unspecified atom stereocenters. The molecule has 104 valence electrons. The van der Waals surface area contributed by atoms with Gasteiger partial charge in [0.1, 0.15) is 0 Å². The molecule has 2 N–H and O–H groups in total.